The Labute approximate surface area is 96.6 Å². The molecule has 0 aliphatic carbocycles. The minimum atomic E-state index is -2.64. The Morgan fingerprint density at radius 3 is 2.13 bits per heavy atom. The van der Waals surface area contributed by atoms with Crippen LogP contribution in [0.1, 0.15) is 12.8 Å². The second-order valence-corrected chi connectivity index (χ2v) is 4.39. The van der Waals surface area contributed by atoms with Gasteiger partial charge in [0.25, 0.3) is 0 Å². The first-order chi connectivity index (χ1) is 6.81. The molecule has 1 unspecified atom stereocenters. The molecule has 0 aliphatic rings. The molecule has 0 rings (SSSR count). The molecule has 0 aliphatic heterocycles. The summed E-state index contributed by atoms with van der Waals surface area (Å²) in [6, 6.07) is 0. The number of aliphatic hydroxyl groups is 1. The Morgan fingerprint density at radius 2 is 1.80 bits per heavy atom. The van der Waals surface area contributed by atoms with Crippen molar-refractivity contribution in [3.63, 3.8) is 0 Å². The molecule has 8 nitrogen and oxygen atoms in total. The van der Waals surface area contributed by atoms with E-state index >= 15 is 0 Å². The second kappa shape index (κ2) is 5.94. The molecule has 0 aromatic heterocycles. The fourth-order valence-corrected chi connectivity index (χ4v) is 1.60. The van der Waals surface area contributed by atoms with Crippen LogP contribution in [0.25, 0.3) is 0 Å². The van der Waals surface area contributed by atoms with E-state index in [0.717, 1.165) is 0 Å². The van der Waals surface area contributed by atoms with Crippen LogP contribution < -0.4 is 3.68 Å². The first-order valence-corrected chi connectivity index (χ1v) is 7.48. The average Bonchev–Trinajstić information content (AvgIpc) is 2.01. The molecule has 0 saturated heterocycles. The molecule has 15 heavy (non-hydrogen) atoms. The summed E-state index contributed by atoms with van der Waals surface area (Å²) in [5.41, 5.74) is -2.64. The van der Waals surface area contributed by atoms with Gasteiger partial charge in [0.2, 0.25) is 0 Å². The van der Waals surface area contributed by atoms with E-state index < -0.39 is 60.3 Å². The number of carboxylic acids is 2. The Balaban J connectivity index is 4.58. The zero-order valence-corrected chi connectivity index (χ0v) is 11.4. The second-order valence-electron chi connectivity index (χ2n) is 2.68. The Hall–Kier alpha value is -0.787. The summed E-state index contributed by atoms with van der Waals surface area (Å²) in [7, 11) is 0. The van der Waals surface area contributed by atoms with Crippen LogP contribution in [0.2, 0.25) is 0 Å². The third-order valence-corrected chi connectivity index (χ3v) is 2.79. The predicted molar refractivity (Wildman–Crippen MR) is 46.9 cm³/mol. The van der Waals surface area contributed by atoms with Crippen molar-refractivity contribution in [3.8, 4) is 0 Å². The Morgan fingerprint density at radius 1 is 1.27 bits per heavy atom. The maximum atomic E-state index is 10.9. The van der Waals surface area contributed by atoms with Crippen LogP contribution in [0.5, 0.6) is 0 Å². The van der Waals surface area contributed by atoms with Gasteiger partial charge in [-0.15, -0.1) is 0 Å². The molecule has 0 amide bonds. The van der Waals surface area contributed by atoms with Crippen molar-refractivity contribution in [2.75, 3.05) is 0 Å². The van der Waals surface area contributed by atoms with E-state index in [4.69, 9.17) is 13.9 Å². The van der Waals surface area contributed by atoms with Gasteiger partial charge in [0, 0.05) is 0 Å². The van der Waals surface area contributed by atoms with Crippen LogP contribution in [0.3, 0.4) is 0 Å². The van der Waals surface area contributed by atoms with Crippen LogP contribution >= 0.6 is 0 Å². The summed E-state index contributed by atoms with van der Waals surface area (Å²) in [6.07, 6.45) is -1.99. The molecule has 0 heterocycles. The molecule has 0 fully saturated rings. The van der Waals surface area contributed by atoms with Crippen molar-refractivity contribution in [1.82, 2.24) is 0 Å². The molecule has 0 aromatic rings. The van der Waals surface area contributed by atoms with Gasteiger partial charge in [-0.3, -0.25) is 0 Å². The van der Waals surface area contributed by atoms with Gasteiger partial charge in [0.15, 0.2) is 0 Å². The number of rotatable bonds is 6. The topological polar surface area (TPSA) is 147 Å². The van der Waals surface area contributed by atoms with E-state index in [9.17, 15) is 19.5 Å². The van der Waals surface area contributed by atoms with Crippen LogP contribution in [-0.2, 0) is 17.2 Å². The number of hydrogen-bond acceptors (Lipinski definition) is 6. The third-order valence-electron chi connectivity index (χ3n) is 1.45. The summed E-state index contributed by atoms with van der Waals surface area (Å²) < 4.78 is 9.42. The van der Waals surface area contributed by atoms with Crippen molar-refractivity contribution in [2.24, 2.45) is 3.68 Å². The molecule has 5 N–H and O–H groups in total. The van der Waals surface area contributed by atoms with E-state index in [-0.39, 0.29) is 0 Å². The van der Waals surface area contributed by atoms with Crippen LogP contribution in [0, 0.1) is 0 Å². The molecule has 9 heteroatoms. The van der Waals surface area contributed by atoms with Gasteiger partial charge in [0.05, 0.1) is 0 Å². The maximum absolute atomic E-state index is 10.9. The third kappa shape index (κ3) is 5.01. The fourth-order valence-electron chi connectivity index (χ4n) is 0.804. The normalized spacial score (nSPS) is 14.0. The van der Waals surface area contributed by atoms with Gasteiger partial charge in [-0.2, -0.15) is 0 Å². The summed E-state index contributed by atoms with van der Waals surface area (Å²) in [4.78, 5) is 31.7. The molecule has 86 valence electrons. The van der Waals surface area contributed by atoms with E-state index in [1.165, 1.54) is 0 Å². The predicted octanol–water partition coefficient (Wildman–Crippen LogP) is -2.56. The van der Waals surface area contributed by atoms with Crippen LogP contribution in [0.4, 0.5) is 0 Å². The molecular formula is C6H10BiNO7. The Bertz CT molecular complexity index is 281. The molecule has 0 aromatic carbocycles. The van der Waals surface area contributed by atoms with E-state index in [2.05, 4.69) is 2.81 Å². The number of hydrogen-bond donors (Lipinski definition) is 4. The van der Waals surface area contributed by atoms with Crippen molar-refractivity contribution >= 4 is 41.9 Å². The van der Waals surface area contributed by atoms with Crippen molar-refractivity contribution < 1.29 is 32.5 Å². The zero-order chi connectivity index (χ0) is 12.1. The summed E-state index contributed by atoms with van der Waals surface area (Å²) in [6.45, 7) is 0. The average molecular weight is 417 g/mol. The first kappa shape index (κ1) is 14.2. The molecule has 0 radical (unpaired) electrons. The number of carbonyl (C=O) groups excluding carboxylic acids is 1. The zero-order valence-electron chi connectivity index (χ0n) is 7.47. The van der Waals surface area contributed by atoms with Gasteiger partial charge >= 0.3 is 96.5 Å². The molecule has 1 atom stereocenters. The quantitative estimate of drug-likeness (QED) is 0.345. The number of carboxylic acid groups (broad SMARTS) is 2. The Kier molecular flexibility index (Phi) is 5.63. The standard InChI is InChI=1S/C6H8O7.Bi.H2N.H/c7-3(8)1-6(13,5(11)12)2-4(9)10;;;/h13H,1-2H2,(H,7,8)(H,9,10)(H,11,12);;1H2;/q;+2;-1;/p-1. The minimum absolute atomic E-state index is 0.918. The molecular weight excluding hydrogens is 407 g/mol. The van der Waals surface area contributed by atoms with Crippen molar-refractivity contribution in [3.05, 3.63) is 0 Å². The monoisotopic (exact) mass is 417 g/mol. The van der Waals surface area contributed by atoms with E-state index in [1.54, 1.807) is 0 Å². The number of nitrogens with two attached hydrogens (primary N) is 1. The SMILES string of the molecule is [NH2][BiH][O]C(=O)CC(O)(CC(=O)O)C(=O)O. The van der Waals surface area contributed by atoms with Gasteiger partial charge in [-0.25, -0.2) is 0 Å². The van der Waals surface area contributed by atoms with Gasteiger partial charge < -0.3 is 0 Å². The van der Waals surface area contributed by atoms with Crippen LogP contribution in [-0.4, -0.2) is 62.8 Å². The number of carbonyl (C=O) groups is 3. The van der Waals surface area contributed by atoms with Crippen molar-refractivity contribution in [2.45, 2.75) is 18.4 Å². The molecule has 0 spiro atoms. The van der Waals surface area contributed by atoms with Gasteiger partial charge in [0.1, 0.15) is 0 Å². The first-order valence-electron chi connectivity index (χ1n) is 3.64. The van der Waals surface area contributed by atoms with Gasteiger partial charge in [-0.1, -0.05) is 0 Å². The fraction of sp³-hybridized carbons (Fsp3) is 0.500. The van der Waals surface area contributed by atoms with Crippen molar-refractivity contribution in [1.29, 1.82) is 0 Å². The molecule has 0 bridgehead atoms. The summed E-state index contributed by atoms with van der Waals surface area (Å²) in [5.74, 6) is -4.30. The number of aliphatic carboxylic acids is 2. The van der Waals surface area contributed by atoms with Gasteiger partial charge in [-0.05, 0) is 0 Å². The van der Waals surface area contributed by atoms with E-state index in [1.807, 2.05) is 0 Å². The van der Waals surface area contributed by atoms with Crippen LogP contribution in [0.15, 0.2) is 0 Å². The summed E-state index contributed by atoms with van der Waals surface area (Å²) >= 11 is -1.99. The summed E-state index contributed by atoms with van der Waals surface area (Å²) in [5, 5.41) is 26.3. The molecule has 0 saturated carbocycles. The van der Waals surface area contributed by atoms with E-state index in [0.29, 0.717) is 0 Å².